The Morgan fingerprint density at radius 2 is 0.902 bits per heavy atom. The van der Waals surface area contributed by atoms with E-state index in [1.54, 1.807) is 24.3 Å². The van der Waals surface area contributed by atoms with Gasteiger partial charge < -0.3 is 14.4 Å². The molecular weight excluding hydrogens is 544 g/mol. The maximum atomic E-state index is 12.6. The van der Waals surface area contributed by atoms with E-state index in [1.165, 1.54) is 24.3 Å². The molecule has 0 saturated carbocycles. The van der Waals surface area contributed by atoms with Gasteiger partial charge in [-0.15, -0.1) is 0 Å². The summed E-state index contributed by atoms with van der Waals surface area (Å²) >= 11 is 0. The summed E-state index contributed by atoms with van der Waals surface area (Å²) in [4.78, 5) is 1.97. The highest BCUT2D eigenvalue weighted by Crippen LogP contribution is 2.33. The first-order chi connectivity index (χ1) is 19.4. The van der Waals surface area contributed by atoms with Gasteiger partial charge in [0.15, 0.2) is 13.2 Å². The largest absolute Gasteiger partial charge is 0.484 e. The Bertz CT molecular complexity index is 1330. The molecule has 0 bridgehead atoms. The maximum absolute atomic E-state index is 12.6. The van der Waals surface area contributed by atoms with Crippen molar-refractivity contribution in [1.29, 1.82) is 0 Å². The molecule has 0 atom stereocenters. The molecule has 4 aromatic rings. The number of halogens is 6. The van der Waals surface area contributed by atoms with Crippen LogP contribution in [0, 0.1) is 13.8 Å². The smallest absolute Gasteiger partial charge is 0.422 e. The molecule has 4 aromatic carbocycles. The molecule has 0 N–H and O–H groups in total. The Kier molecular flexibility index (Phi) is 8.95. The van der Waals surface area contributed by atoms with E-state index >= 15 is 0 Å². The van der Waals surface area contributed by atoms with Gasteiger partial charge in [0, 0.05) is 23.1 Å². The molecule has 0 amide bonds. The molecule has 214 valence electrons. The summed E-state index contributed by atoms with van der Waals surface area (Å²) < 4.78 is 85.5. The lowest BCUT2D eigenvalue weighted by Crippen LogP contribution is -2.19. The Labute approximate surface area is 234 Å². The first-order valence-electron chi connectivity index (χ1n) is 12.6. The van der Waals surface area contributed by atoms with Gasteiger partial charge in [0.25, 0.3) is 0 Å². The molecule has 0 aromatic heterocycles. The maximum Gasteiger partial charge on any atom is 0.422 e. The van der Waals surface area contributed by atoms with Crippen LogP contribution < -0.4 is 14.4 Å². The number of aryl methyl sites for hydroxylation is 2. The van der Waals surface area contributed by atoms with Gasteiger partial charge in [-0.05, 0) is 73.5 Å². The minimum Gasteiger partial charge on any atom is -0.484 e. The van der Waals surface area contributed by atoms with Crippen LogP contribution in [0.3, 0.4) is 0 Å². The first-order valence-corrected chi connectivity index (χ1v) is 12.6. The van der Waals surface area contributed by atoms with Gasteiger partial charge in [0.1, 0.15) is 11.5 Å². The van der Waals surface area contributed by atoms with E-state index in [2.05, 4.69) is 0 Å². The van der Waals surface area contributed by atoms with Crippen LogP contribution in [0.25, 0.3) is 5.57 Å². The summed E-state index contributed by atoms with van der Waals surface area (Å²) in [6.07, 6.45) is -7.06. The van der Waals surface area contributed by atoms with Crippen LogP contribution in [-0.4, -0.2) is 25.6 Å². The second-order valence-corrected chi connectivity index (χ2v) is 9.44. The summed E-state index contributed by atoms with van der Waals surface area (Å²) in [5.74, 6) is 0.102. The lowest BCUT2D eigenvalue weighted by atomic mass is 9.98. The highest BCUT2D eigenvalue weighted by molar-refractivity contribution is 5.84. The molecule has 0 fully saturated rings. The number of alkyl halides is 6. The zero-order chi connectivity index (χ0) is 29.6. The van der Waals surface area contributed by atoms with Crippen LogP contribution in [0.1, 0.15) is 22.3 Å². The monoisotopic (exact) mass is 571 g/mol. The molecule has 4 rings (SSSR count). The van der Waals surface area contributed by atoms with Crippen LogP contribution in [0.2, 0.25) is 0 Å². The molecule has 9 heteroatoms. The first kappa shape index (κ1) is 29.6. The van der Waals surface area contributed by atoms with Gasteiger partial charge in [-0.25, -0.2) is 0 Å². The second-order valence-electron chi connectivity index (χ2n) is 9.44. The van der Waals surface area contributed by atoms with Crippen LogP contribution in [0.4, 0.5) is 37.7 Å². The second kappa shape index (κ2) is 12.4. The van der Waals surface area contributed by atoms with E-state index in [0.29, 0.717) is 16.7 Å². The quantitative estimate of drug-likeness (QED) is 0.187. The average Bonchev–Trinajstić information content (AvgIpc) is 2.93. The van der Waals surface area contributed by atoms with Gasteiger partial charge in [0.05, 0.1) is 0 Å². The topological polar surface area (TPSA) is 21.7 Å². The third kappa shape index (κ3) is 8.79. The molecule has 0 saturated heterocycles. The van der Waals surface area contributed by atoms with Crippen molar-refractivity contribution in [2.24, 2.45) is 0 Å². The summed E-state index contributed by atoms with van der Waals surface area (Å²) in [5, 5.41) is 0. The van der Waals surface area contributed by atoms with Gasteiger partial charge in [0.2, 0.25) is 0 Å². The molecule has 0 radical (unpaired) electrons. The summed E-state index contributed by atoms with van der Waals surface area (Å²) in [5.41, 5.74) is 5.82. The molecule has 0 spiro atoms. The van der Waals surface area contributed by atoms with Gasteiger partial charge in [-0.1, -0.05) is 59.7 Å². The molecular formula is C32H27F6NO2. The van der Waals surface area contributed by atoms with Crippen molar-refractivity contribution < 1.29 is 35.8 Å². The van der Waals surface area contributed by atoms with Gasteiger partial charge in [-0.3, -0.25) is 0 Å². The Morgan fingerprint density at radius 3 is 1.22 bits per heavy atom. The SMILES string of the molecule is Cc1ccc(N(C=C(c2ccc(OCC(F)(F)F)cc2)c2ccc(OCC(F)(F)F)cc2)c2ccc(C)cc2)cc1. The highest BCUT2D eigenvalue weighted by atomic mass is 19.4. The van der Waals surface area contributed by atoms with E-state index in [-0.39, 0.29) is 11.5 Å². The van der Waals surface area contributed by atoms with Crippen molar-refractivity contribution >= 4 is 16.9 Å². The van der Waals surface area contributed by atoms with Crippen molar-refractivity contribution in [3.8, 4) is 11.5 Å². The highest BCUT2D eigenvalue weighted by Gasteiger charge is 2.29. The number of benzene rings is 4. The number of hydrogen-bond donors (Lipinski definition) is 0. The fraction of sp³-hybridized carbons (Fsp3) is 0.188. The van der Waals surface area contributed by atoms with E-state index in [9.17, 15) is 26.3 Å². The van der Waals surface area contributed by atoms with Crippen LogP contribution in [-0.2, 0) is 0 Å². The normalized spacial score (nSPS) is 11.6. The average molecular weight is 572 g/mol. The van der Waals surface area contributed by atoms with Crippen LogP contribution in [0.15, 0.2) is 103 Å². The van der Waals surface area contributed by atoms with Gasteiger partial charge in [-0.2, -0.15) is 26.3 Å². The predicted octanol–water partition coefficient (Wildman–Crippen LogP) is 9.41. The van der Waals surface area contributed by atoms with Crippen LogP contribution in [0.5, 0.6) is 11.5 Å². The van der Waals surface area contributed by atoms with Crippen molar-refractivity contribution in [3.05, 3.63) is 126 Å². The fourth-order valence-corrected chi connectivity index (χ4v) is 3.95. The summed E-state index contributed by atoms with van der Waals surface area (Å²) in [6.45, 7) is 1.13. The molecule has 41 heavy (non-hydrogen) atoms. The van der Waals surface area contributed by atoms with Crippen molar-refractivity contribution in [2.75, 3.05) is 18.1 Å². The third-order valence-corrected chi connectivity index (χ3v) is 6.02. The van der Waals surface area contributed by atoms with Gasteiger partial charge >= 0.3 is 12.4 Å². The number of rotatable bonds is 9. The van der Waals surface area contributed by atoms with E-state index < -0.39 is 25.6 Å². The zero-order valence-corrected chi connectivity index (χ0v) is 22.3. The van der Waals surface area contributed by atoms with Crippen molar-refractivity contribution in [2.45, 2.75) is 26.2 Å². The number of hydrogen-bond acceptors (Lipinski definition) is 3. The van der Waals surface area contributed by atoms with Crippen molar-refractivity contribution in [1.82, 2.24) is 0 Å². The van der Waals surface area contributed by atoms with E-state index in [4.69, 9.17) is 9.47 Å². The minimum atomic E-state index is -4.47. The molecule has 0 unspecified atom stereocenters. The van der Waals surface area contributed by atoms with Crippen LogP contribution >= 0.6 is 0 Å². The Hall–Kier alpha value is -4.40. The molecule has 3 nitrogen and oxygen atoms in total. The molecule has 0 aliphatic rings. The summed E-state index contributed by atoms with van der Waals surface area (Å²) in [6, 6.07) is 28.1. The van der Waals surface area contributed by atoms with E-state index in [0.717, 1.165) is 22.5 Å². The lowest BCUT2D eigenvalue weighted by molar-refractivity contribution is -0.154. The standard InChI is InChI=1S/C32H27F6NO2/c1-22-3-11-26(12-4-22)39(27-13-5-23(2)6-14-27)19-30(24-7-15-28(16-8-24)40-20-31(33,34)35)25-9-17-29(18-10-25)41-21-32(36,37)38/h3-19H,20-21H2,1-2H3. The number of nitrogens with zero attached hydrogens (tertiary/aromatic N) is 1. The minimum absolute atomic E-state index is 0.0512. The summed E-state index contributed by atoms with van der Waals surface area (Å²) in [7, 11) is 0. The Morgan fingerprint density at radius 1 is 0.561 bits per heavy atom. The lowest BCUT2D eigenvalue weighted by Gasteiger charge is -2.24. The van der Waals surface area contributed by atoms with E-state index in [1.807, 2.05) is 73.5 Å². The molecule has 0 aliphatic heterocycles. The third-order valence-electron chi connectivity index (χ3n) is 6.02. The molecule has 0 heterocycles. The van der Waals surface area contributed by atoms with Crippen molar-refractivity contribution in [3.63, 3.8) is 0 Å². The molecule has 0 aliphatic carbocycles. The number of anilines is 2. The Balaban J connectivity index is 1.78. The fourth-order valence-electron chi connectivity index (χ4n) is 3.95. The zero-order valence-electron chi connectivity index (χ0n) is 22.3. The predicted molar refractivity (Wildman–Crippen MR) is 148 cm³/mol. The number of ether oxygens (including phenoxy) is 2.